The van der Waals surface area contributed by atoms with Crippen molar-refractivity contribution in [3.05, 3.63) is 22.8 Å². The largest absolute Gasteiger partial charge is 0.393 e. The zero-order valence-electron chi connectivity index (χ0n) is 21.9. The number of hydrogen-bond donors (Lipinski definition) is 1. The molecule has 0 aromatic carbocycles. The van der Waals surface area contributed by atoms with Crippen molar-refractivity contribution in [3.8, 4) is 0 Å². The summed E-state index contributed by atoms with van der Waals surface area (Å²) in [5, 5.41) is 10.8. The SMILES string of the molecule is CC(C)=CCC[C@@H](C)[C@@H]1CC[C@]2(C)C3=C(CC[C@@]12C)[C@@]1(C)CC[C@H](O)C(C)(C)[C@@H]1CC3. The van der Waals surface area contributed by atoms with Crippen LogP contribution in [0.1, 0.15) is 120 Å². The summed E-state index contributed by atoms with van der Waals surface area (Å²) in [6, 6.07) is 0. The Morgan fingerprint density at radius 3 is 2.35 bits per heavy atom. The molecule has 4 rings (SSSR count). The number of hydrogen-bond acceptors (Lipinski definition) is 1. The lowest BCUT2D eigenvalue weighted by Gasteiger charge is -2.62. The minimum Gasteiger partial charge on any atom is -0.393 e. The van der Waals surface area contributed by atoms with Gasteiger partial charge in [0.25, 0.3) is 0 Å². The van der Waals surface area contributed by atoms with E-state index in [4.69, 9.17) is 0 Å². The number of aliphatic hydroxyl groups is 1. The van der Waals surface area contributed by atoms with Gasteiger partial charge in [-0.15, -0.1) is 0 Å². The van der Waals surface area contributed by atoms with E-state index >= 15 is 0 Å². The zero-order chi connectivity index (χ0) is 22.8. The van der Waals surface area contributed by atoms with Crippen LogP contribution in [0, 0.1) is 39.4 Å². The summed E-state index contributed by atoms with van der Waals surface area (Å²) in [6.45, 7) is 19.6. The molecule has 7 atom stereocenters. The van der Waals surface area contributed by atoms with Crippen LogP contribution in [0.4, 0.5) is 0 Å². The van der Waals surface area contributed by atoms with Crippen LogP contribution >= 0.6 is 0 Å². The molecular weight excluding hydrogens is 376 g/mol. The first-order valence-electron chi connectivity index (χ1n) is 13.4. The lowest BCUT2D eigenvalue weighted by atomic mass is 9.43. The van der Waals surface area contributed by atoms with Crippen molar-refractivity contribution in [2.75, 3.05) is 0 Å². The first-order valence-corrected chi connectivity index (χ1v) is 13.4. The molecule has 0 amide bonds. The van der Waals surface area contributed by atoms with E-state index in [1.165, 1.54) is 63.4 Å². The molecule has 0 heterocycles. The highest BCUT2D eigenvalue weighted by Crippen LogP contribution is 2.72. The second-order valence-electron chi connectivity index (χ2n) is 13.6. The molecule has 0 unspecified atom stereocenters. The van der Waals surface area contributed by atoms with Crippen LogP contribution in [-0.4, -0.2) is 11.2 Å². The molecular formula is C30H50O. The minimum absolute atomic E-state index is 0.0465. The first-order chi connectivity index (χ1) is 14.4. The van der Waals surface area contributed by atoms with E-state index in [1.807, 2.05) is 11.1 Å². The first kappa shape index (κ1) is 23.6. The van der Waals surface area contributed by atoms with Crippen molar-refractivity contribution < 1.29 is 5.11 Å². The molecule has 0 spiro atoms. The maximum Gasteiger partial charge on any atom is 0.0594 e. The second kappa shape index (κ2) is 7.75. The van der Waals surface area contributed by atoms with E-state index in [9.17, 15) is 5.11 Å². The smallest absolute Gasteiger partial charge is 0.0594 e. The fraction of sp³-hybridized carbons (Fsp3) is 0.867. The maximum atomic E-state index is 10.8. The van der Waals surface area contributed by atoms with Gasteiger partial charge in [0.05, 0.1) is 6.10 Å². The van der Waals surface area contributed by atoms with Gasteiger partial charge in [0.15, 0.2) is 0 Å². The second-order valence-corrected chi connectivity index (χ2v) is 13.6. The summed E-state index contributed by atoms with van der Waals surface area (Å²) < 4.78 is 0. The molecule has 31 heavy (non-hydrogen) atoms. The maximum absolute atomic E-state index is 10.8. The third-order valence-electron chi connectivity index (χ3n) is 11.7. The molecule has 2 saturated carbocycles. The van der Waals surface area contributed by atoms with Gasteiger partial charge >= 0.3 is 0 Å². The van der Waals surface area contributed by atoms with Crippen LogP contribution in [0.15, 0.2) is 22.8 Å². The fourth-order valence-corrected chi connectivity index (χ4v) is 9.47. The Morgan fingerprint density at radius 1 is 0.968 bits per heavy atom. The van der Waals surface area contributed by atoms with Crippen molar-refractivity contribution in [2.24, 2.45) is 39.4 Å². The van der Waals surface area contributed by atoms with Crippen molar-refractivity contribution in [1.82, 2.24) is 0 Å². The van der Waals surface area contributed by atoms with Gasteiger partial charge in [0.1, 0.15) is 0 Å². The highest BCUT2D eigenvalue weighted by molar-refractivity contribution is 5.38. The summed E-state index contributed by atoms with van der Waals surface area (Å²) in [4.78, 5) is 0. The average Bonchev–Trinajstić information content (AvgIpc) is 2.96. The van der Waals surface area contributed by atoms with Crippen LogP contribution in [0.2, 0.25) is 0 Å². The highest BCUT2D eigenvalue weighted by Gasteiger charge is 2.63. The van der Waals surface area contributed by atoms with Crippen LogP contribution in [0.5, 0.6) is 0 Å². The Balaban J connectivity index is 1.65. The summed E-state index contributed by atoms with van der Waals surface area (Å²) in [5.41, 5.74) is 6.41. The number of aliphatic hydroxyl groups excluding tert-OH is 1. The average molecular weight is 427 g/mol. The summed E-state index contributed by atoms with van der Waals surface area (Å²) in [7, 11) is 0. The molecule has 1 nitrogen and oxygen atoms in total. The van der Waals surface area contributed by atoms with Crippen LogP contribution in [-0.2, 0) is 0 Å². The number of allylic oxidation sites excluding steroid dienone is 4. The van der Waals surface area contributed by atoms with E-state index in [-0.39, 0.29) is 11.5 Å². The molecule has 0 radical (unpaired) electrons. The molecule has 1 heteroatoms. The Kier molecular flexibility index (Phi) is 5.90. The van der Waals surface area contributed by atoms with Gasteiger partial charge < -0.3 is 5.11 Å². The van der Waals surface area contributed by atoms with Crippen LogP contribution in [0.3, 0.4) is 0 Å². The minimum atomic E-state index is -0.130. The zero-order valence-corrected chi connectivity index (χ0v) is 21.9. The predicted molar refractivity (Wildman–Crippen MR) is 133 cm³/mol. The van der Waals surface area contributed by atoms with Gasteiger partial charge in [-0.25, -0.2) is 0 Å². The molecule has 0 aromatic rings. The lowest BCUT2D eigenvalue weighted by Crippen LogP contribution is -2.55. The number of fused-ring (bicyclic) bond motifs is 4. The molecule has 4 aliphatic carbocycles. The molecule has 1 N–H and O–H groups in total. The molecule has 0 aliphatic heterocycles. The van der Waals surface area contributed by atoms with Crippen LogP contribution in [0.25, 0.3) is 0 Å². The van der Waals surface area contributed by atoms with Gasteiger partial charge in [-0.1, -0.05) is 64.3 Å². The quantitative estimate of drug-likeness (QED) is 0.447. The Morgan fingerprint density at radius 2 is 1.68 bits per heavy atom. The predicted octanol–water partition coefficient (Wildman–Crippen LogP) is 8.48. The van der Waals surface area contributed by atoms with Crippen molar-refractivity contribution in [2.45, 2.75) is 126 Å². The molecule has 0 bridgehead atoms. The third-order valence-corrected chi connectivity index (χ3v) is 11.7. The van der Waals surface area contributed by atoms with Gasteiger partial charge in [-0.05, 0) is 117 Å². The molecule has 2 fully saturated rings. The lowest BCUT2D eigenvalue weighted by molar-refractivity contribution is -0.0962. The van der Waals surface area contributed by atoms with E-state index in [0.29, 0.717) is 22.2 Å². The normalized spacial score (nSPS) is 44.9. The van der Waals surface area contributed by atoms with Gasteiger partial charge in [0.2, 0.25) is 0 Å². The molecule has 0 aromatic heterocycles. The van der Waals surface area contributed by atoms with Crippen molar-refractivity contribution in [1.29, 1.82) is 0 Å². The molecule has 4 aliphatic rings. The molecule has 0 saturated heterocycles. The van der Waals surface area contributed by atoms with Gasteiger partial charge in [0, 0.05) is 0 Å². The Labute approximate surface area is 193 Å². The van der Waals surface area contributed by atoms with Crippen LogP contribution < -0.4 is 0 Å². The Bertz CT molecular complexity index is 767. The summed E-state index contributed by atoms with van der Waals surface area (Å²) in [5.74, 6) is 2.32. The van der Waals surface area contributed by atoms with Crippen molar-refractivity contribution in [3.63, 3.8) is 0 Å². The van der Waals surface area contributed by atoms with Gasteiger partial charge in [-0.3, -0.25) is 0 Å². The molecule has 176 valence electrons. The summed E-state index contributed by atoms with van der Waals surface area (Å²) >= 11 is 0. The fourth-order valence-electron chi connectivity index (χ4n) is 9.47. The third kappa shape index (κ3) is 3.34. The van der Waals surface area contributed by atoms with E-state index in [0.717, 1.165) is 18.3 Å². The number of rotatable bonds is 4. The van der Waals surface area contributed by atoms with Crippen molar-refractivity contribution >= 4 is 0 Å². The van der Waals surface area contributed by atoms with E-state index < -0.39 is 0 Å². The topological polar surface area (TPSA) is 20.2 Å². The van der Waals surface area contributed by atoms with E-state index in [1.54, 1.807) is 0 Å². The Hall–Kier alpha value is -0.560. The summed E-state index contributed by atoms with van der Waals surface area (Å²) in [6.07, 6.45) is 15.2. The van der Waals surface area contributed by atoms with E-state index in [2.05, 4.69) is 61.5 Å². The highest BCUT2D eigenvalue weighted by atomic mass is 16.3. The van der Waals surface area contributed by atoms with Gasteiger partial charge in [-0.2, -0.15) is 0 Å². The standard InChI is InChI=1S/C30H50O/c1-20(2)10-9-11-21(3)22-14-18-30(8)24-12-13-25-27(4,5)26(31)16-17-28(25,6)23(24)15-19-29(22,30)7/h10,21-22,25-26,31H,9,11-19H2,1-8H3/t21-,22+,25+,26+,28-,29+,30-/m1/s1. The monoisotopic (exact) mass is 426 g/mol.